The molecule has 0 aromatic heterocycles. The lowest BCUT2D eigenvalue weighted by Crippen LogP contribution is -2.43. The number of rotatable bonds is 3. The first-order valence-corrected chi connectivity index (χ1v) is 6.13. The summed E-state index contributed by atoms with van der Waals surface area (Å²) in [6, 6.07) is 0. The van der Waals surface area contributed by atoms with E-state index in [0.29, 0.717) is 19.1 Å². The Hall–Kier alpha value is -1.19. The Bertz CT molecular complexity index is 270. The summed E-state index contributed by atoms with van der Waals surface area (Å²) in [6.45, 7) is 11.3. The fourth-order valence-electron chi connectivity index (χ4n) is 1.90. The average Bonchev–Trinajstić information content (AvgIpc) is 2.24. The Morgan fingerprint density at radius 2 is 2.24 bits per heavy atom. The Labute approximate surface area is 104 Å². The molecular formula is C13H23NO3. The minimum atomic E-state index is -0.429. The second-order valence-corrected chi connectivity index (χ2v) is 5.43. The van der Waals surface area contributed by atoms with Crippen molar-refractivity contribution in [3.63, 3.8) is 0 Å². The lowest BCUT2D eigenvalue weighted by atomic mass is 9.99. The van der Waals surface area contributed by atoms with Gasteiger partial charge in [-0.2, -0.15) is 0 Å². The SMILES string of the molecule is C=COCC1CCCN(C(=O)OC(C)(C)C)C1. The van der Waals surface area contributed by atoms with Crippen molar-refractivity contribution in [2.45, 2.75) is 39.2 Å². The molecule has 1 fully saturated rings. The maximum Gasteiger partial charge on any atom is 0.410 e. The predicted octanol–water partition coefficient (Wildman–Crippen LogP) is 2.79. The quantitative estimate of drug-likeness (QED) is 0.713. The monoisotopic (exact) mass is 241 g/mol. The Morgan fingerprint density at radius 1 is 1.53 bits per heavy atom. The summed E-state index contributed by atoms with van der Waals surface area (Å²) in [4.78, 5) is 13.6. The third-order valence-electron chi connectivity index (χ3n) is 2.62. The molecule has 0 radical (unpaired) electrons. The molecule has 0 saturated carbocycles. The van der Waals surface area contributed by atoms with Crippen LogP contribution < -0.4 is 0 Å². The number of likely N-dealkylation sites (tertiary alicyclic amines) is 1. The molecule has 0 bridgehead atoms. The van der Waals surface area contributed by atoms with Crippen LogP contribution in [0.4, 0.5) is 4.79 Å². The highest BCUT2D eigenvalue weighted by Gasteiger charge is 2.27. The summed E-state index contributed by atoms with van der Waals surface area (Å²) in [5.41, 5.74) is -0.429. The van der Waals surface area contributed by atoms with Crippen LogP contribution in [0.2, 0.25) is 0 Å². The van der Waals surface area contributed by atoms with Gasteiger partial charge in [0.1, 0.15) is 5.60 Å². The van der Waals surface area contributed by atoms with Crippen LogP contribution in [-0.4, -0.2) is 36.3 Å². The smallest absolute Gasteiger partial charge is 0.410 e. The second-order valence-electron chi connectivity index (χ2n) is 5.43. The summed E-state index contributed by atoms with van der Waals surface area (Å²) in [7, 11) is 0. The van der Waals surface area contributed by atoms with Crippen molar-refractivity contribution < 1.29 is 14.3 Å². The molecule has 17 heavy (non-hydrogen) atoms. The zero-order valence-electron chi connectivity index (χ0n) is 11.1. The van der Waals surface area contributed by atoms with E-state index in [9.17, 15) is 4.79 Å². The largest absolute Gasteiger partial charge is 0.501 e. The minimum Gasteiger partial charge on any atom is -0.501 e. The van der Waals surface area contributed by atoms with Crippen LogP contribution >= 0.6 is 0 Å². The van der Waals surface area contributed by atoms with Crippen molar-refractivity contribution in [2.75, 3.05) is 19.7 Å². The van der Waals surface area contributed by atoms with Crippen molar-refractivity contribution in [1.82, 2.24) is 4.90 Å². The van der Waals surface area contributed by atoms with E-state index in [0.717, 1.165) is 19.4 Å². The topological polar surface area (TPSA) is 38.8 Å². The Morgan fingerprint density at radius 3 is 2.82 bits per heavy atom. The van der Waals surface area contributed by atoms with E-state index >= 15 is 0 Å². The second kappa shape index (κ2) is 5.94. The number of ether oxygens (including phenoxy) is 2. The zero-order valence-corrected chi connectivity index (χ0v) is 11.1. The highest BCUT2D eigenvalue weighted by atomic mass is 16.6. The van der Waals surface area contributed by atoms with Gasteiger partial charge in [-0.25, -0.2) is 4.79 Å². The van der Waals surface area contributed by atoms with Gasteiger partial charge in [-0.05, 0) is 33.6 Å². The van der Waals surface area contributed by atoms with Gasteiger partial charge in [-0.15, -0.1) is 0 Å². The van der Waals surface area contributed by atoms with Gasteiger partial charge in [0.2, 0.25) is 0 Å². The van der Waals surface area contributed by atoms with Crippen molar-refractivity contribution in [1.29, 1.82) is 0 Å². The maximum atomic E-state index is 11.9. The van der Waals surface area contributed by atoms with Gasteiger partial charge in [0.15, 0.2) is 0 Å². The molecule has 4 nitrogen and oxygen atoms in total. The number of piperidine rings is 1. The molecule has 0 N–H and O–H groups in total. The van der Waals surface area contributed by atoms with Crippen molar-refractivity contribution >= 4 is 6.09 Å². The summed E-state index contributed by atoms with van der Waals surface area (Å²) in [5.74, 6) is 0.384. The van der Waals surface area contributed by atoms with Crippen LogP contribution in [0.1, 0.15) is 33.6 Å². The predicted molar refractivity (Wildman–Crippen MR) is 66.7 cm³/mol. The first kappa shape index (κ1) is 13.9. The standard InChI is InChI=1S/C13H23NO3/c1-5-16-10-11-7-6-8-14(9-11)12(15)17-13(2,3)4/h5,11H,1,6-10H2,2-4H3. The molecule has 0 spiro atoms. The van der Waals surface area contributed by atoms with Gasteiger partial charge in [-0.1, -0.05) is 6.58 Å². The molecule has 1 saturated heterocycles. The summed E-state index contributed by atoms with van der Waals surface area (Å²) in [6.07, 6.45) is 3.32. The number of amides is 1. The molecule has 1 unspecified atom stereocenters. The summed E-state index contributed by atoms with van der Waals surface area (Å²) >= 11 is 0. The number of carbonyl (C=O) groups is 1. The minimum absolute atomic E-state index is 0.221. The maximum absolute atomic E-state index is 11.9. The molecule has 1 rings (SSSR count). The molecule has 98 valence electrons. The number of hydrogen-bond donors (Lipinski definition) is 0. The van der Waals surface area contributed by atoms with E-state index in [4.69, 9.17) is 9.47 Å². The molecule has 1 aliphatic rings. The van der Waals surface area contributed by atoms with Gasteiger partial charge >= 0.3 is 6.09 Å². The summed E-state index contributed by atoms with van der Waals surface area (Å²) in [5, 5.41) is 0. The van der Waals surface area contributed by atoms with Crippen LogP contribution in [0, 0.1) is 5.92 Å². The van der Waals surface area contributed by atoms with E-state index in [1.54, 1.807) is 4.90 Å². The van der Waals surface area contributed by atoms with Crippen LogP contribution in [0.3, 0.4) is 0 Å². The van der Waals surface area contributed by atoms with Crippen molar-refractivity contribution in [3.05, 3.63) is 12.8 Å². The molecule has 1 heterocycles. The van der Waals surface area contributed by atoms with Crippen molar-refractivity contribution in [2.24, 2.45) is 5.92 Å². The highest BCUT2D eigenvalue weighted by Crippen LogP contribution is 2.19. The first-order valence-electron chi connectivity index (χ1n) is 6.13. The van der Waals surface area contributed by atoms with Crippen LogP contribution in [0.5, 0.6) is 0 Å². The summed E-state index contributed by atoms with van der Waals surface area (Å²) < 4.78 is 10.5. The first-order chi connectivity index (χ1) is 7.92. The molecule has 0 aliphatic carbocycles. The molecule has 0 aromatic carbocycles. The number of hydrogen-bond acceptors (Lipinski definition) is 3. The molecule has 0 aromatic rings. The fraction of sp³-hybridized carbons (Fsp3) is 0.769. The number of nitrogens with zero attached hydrogens (tertiary/aromatic N) is 1. The normalized spacial score (nSPS) is 20.9. The molecule has 1 atom stereocenters. The molecular weight excluding hydrogens is 218 g/mol. The van der Waals surface area contributed by atoms with E-state index in [1.807, 2.05) is 20.8 Å². The van der Waals surface area contributed by atoms with Crippen LogP contribution in [0.25, 0.3) is 0 Å². The molecule has 4 heteroatoms. The van der Waals surface area contributed by atoms with Gasteiger partial charge in [-0.3, -0.25) is 0 Å². The third-order valence-corrected chi connectivity index (χ3v) is 2.62. The van der Waals surface area contributed by atoms with Crippen LogP contribution in [-0.2, 0) is 9.47 Å². The Balaban J connectivity index is 2.43. The highest BCUT2D eigenvalue weighted by molar-refractivity contribution is 5.68. The average molecular weight is 241 g/mol. The lowest BCUT2D eigenvalue weighted by Gasteiger charge is -2.33. The van der Waals surface area contributed by atoms with Gasteiger partial charge < -0.3 is 14.4 Å². The van der Waals surface area contributed by atoms with Gasteiger partial charge in [0, 0.05) is 19.0 Å². The van der Waals surface area contributed by atoms with E-state index in [1.165, 1.54) is 6.26 Å². The van der Waals surface area contributed by atoms with E-state index < -0.39 is 5.60 Å². The van der Waals surface area contributed by atoms with Crippen LogP contribution in [0.15, 0.2) is 12.8 Å². The van der Waals surface area contributed by atoms with E-state index in [2.05, 4.69) is 6.58 Å². The van der Waals surface area contributed by atoms with Gasteiger partial charge in [0.05, 0.1) is 12.9 Å². The third kappa shape index (κ3) is 5.11. The zero-order chi connectivity index (χ0) is 12.9. The van der Waals surface area contributed by atoms with Gasteiger partial charge in [0.25, 0.3) is 0 Å². The lowest BCUT2D eigenvalue weighted by molar-refractivity contribution is 0.0125. The molecule has 1 aliphatic heterocycles. The van der Waals surface area contributed by atoms with Crippen molar-refractivity contribution in [3.8, 4) is 0 Å². The van der Waals surface area contributed by atoms with E-state index in [-0.39, 0.29) is 6.09 Å². The number of carbonyl (C=O) groups excluding carboxylic acids is 1. The molecule has 1 amide bonds. The fourth-order valence-corrected chi connectivity index (χ4v) is 1.90. The Kier molecular flexibility index (Phi) is 4.85.